The highest BCUT2D eigenvalue weighted by Crippen LogP contribution is 2.45. The summed E-state index contributed by atoms with van der Waals surface area (Å²) < 4.78 is 0. The van der Waals surface area contributed by atoms with E-state index in [4.69, 9.17) is 0 Å². The van der Waals surface area contributed by atoms with E-state index in [9.17, 15) is 0 Å². The molecule has 2 saturated heterocycles. The van der Waals surface area contributed by atoms with Gasteiger partial charge in [-0.25, -0.2) is 0 Å². The summed E-state index contributed by atoms with van der Waals surface area (Å²) in [5.74, 6) is 2.20. The third-order valence-corrected chi connectivity index (χ3v) is 4.58. The number of nitrogens with zero attached hydrogens (tertiary/aromatic N) is 1. The quantitative estimate of drug-likeness (QED) is 0.716. The fourth-order valence-corrected chi connectivity index (χ4v) is 3.36. The maximum atomic E-state index is 3.64. The second-order valence-corrected chi connectivity index (χ2v) is 5.48. The van der Waals surface area contributed by atoms with Gasteiger partial charge in [-0.15, -0.1) is 0 Å². The zero-order valence-electron chi connectivity index (χ0n) is 9.21. The summed E-state index contributed by atoms with van der Waals surface area (Å²) >= 11 is 0. The highest BCUT2D eigenvalue weighted by atomic mass is 15.2. The smallest absolute Gasteiger partial charge is 0.0221 e. The Labute approximate surface area is 87.0 Å². The van der Waals surface area contributed by atoms with Crippen LogP contribution in [-0.4, -0.2) is 36.6 Å². The topological polar surface area (TPSA) is 15.3 Å². The Kier molecular flexibility index (Phi) is 2.29. The lowest BCUT2D eigenvalue weighted by molar-refractivity contribution is 0.141. The van der Waals surface area contributed by atoms with E-state index in [0.29, 0.717) is 0 Å². The van der Waals surface area contributed by atoms with Crippen molar-refractivity contribution in [3.8, 4) is 0 Å². The molecule has 2 heteroatoms. The van der Waals surface area contributed by atoms with Gasteiger partial charge in [-0.1, -0.05) is 0 Å². The van der Waals surface area contributed by atoms with Gasteiger partial charge < -0.3 is 5.32 Å². The van der Waals surface area contributed by atoms with Crippen LogP contribution in [0.1, 0.15) is 32.6 Å². The van der Waals surface area contributed by atoms with Crippen molar-refractivity contribution in [2.45, 2.75) is 44.7 Å². The van der Waals surface area contributed by atoms with Gasteiger partial charge in [0.2, 0.25) is 0 Å². The summed E-state index contributed by atoms with van der Waals surface area (Å²) in [6.45, 7) is 6.42. The first kappa shape index (κ1) is 9.17. The lowest BCUT2D eigenvalue weighted by Gasteiger charge is -2.35. The average molecular weight is 194 g/mol. The molecule has 2 nitrogen and oxygen atoms in total. The molecule has 0 amide bonds. The summed E-state index contributed by atoms with van der Waals surface area (Å²) in [5, 5.41) is 3.64. The molecule has 3 fully saturated rings. The van der Waals surface area contributed by atoms with E-state index in [1.807, 2.05) is 0 Å². The van der Waals surface area contributed by atoms with Crippen LogP contribution in [0.2, 0.25) is 0 Å². The van der Waals surface area contributed by atoms with Crippen LogP contribution in [0.25, 0.3) is 0 Å². The fourth-order valence-electron chi connectivity index (χ4n) is 3.36. The van der Waals surface area contributed by atoms with Crippen LogP contribution in [-0.2, 0) is 0 Å². The monoisotopic (exact) mass is 194 g/mol. The number of piperidine rings is 1. The van der Waals surface area contributed by atoms with E-state index in [0.717, 1.165) is 23.9 Å². The molecule has 0 aromatic rings. The molecule has 0 bridgehead atoms. The van der Waals surface area contributed by atoms with Crippen molar-refractivity contribution in [2.24, 2.45) is 11.8 Å². The Morgan fingerprint density at radius 1 is 1.29 bits per heavy atom. The molecule has 4 atom stereocenters. The number of likely N-dealkylation sites (tertiary alicyclic amines) is 1. The molecular formula is C12H22N2. The Morgan fingerprint density at radius 2 is 2.21 bits per heavy atom. The number of nitrogens with one attached hydrogen (secondary N) is 1. The number of hydrogen-bond acceptors (Lipinski definition) is 2. The summed E-state index contributed by atoms with van der Waals surface area (Å²) in [7, 11) is 0. The molecule has 0 radical (unpaired) electrons. The third kappa shape index (κ3) is 1.59. The van der Waals surface area contributed by atoms with Crippen LogP contribution in [0.5, 0.6) is 0 Å². The highest BCUT2D eigenvalue weighted by Gasteiger charge is 2.43. The number of fused-ring (bicyclic) bond motifs is 1. The fraction of sp³-hybridized carbons (Fsp3) is 1.00. The molecule has 2 heterocycles. The van der Waals surface area contributed by atoms with Crippen LogP contribution in [0.3, 0.4) is 0 Å². The van der Waals surface area contributed by atoms with Gasteiger partial charge in [0.1, 0.15) is 0 Å². The molecule has 80 valence electrons. The normalized spacial score (nSPS) is 44.8. The third-order valence-electron chi connectivity index (χ3n) is 4.58. The maximum absolute atomic E-state index is 3.64. The van der Waals surface area contributed by atoms with Crippen LogP contribution in [0, 0.1) is 11.8 Å². The molecule has 1 saturated carbocycles. The summed E-state index contributed by atoms with van der Waals surface area (Å²) in [6.07, 6.45) is 5.78. The zero-order valence-corrected chi connectivity index (χ0v) is 9.21. The lowest BCUT2D eigenvalue weighted by Crippen LogP contribution is -2.48. The molecule has 2 aliphatic heterocycles. The predicted octanol–water partition coefficient (Wildman–Crippen LogP) is 1.47. The van der Waals surface area contributed by atoms with E-state index in [1.165, 1.54) is 45.3 Å². The molecule has 0 spiro atoms. The second kappa shape index (κ2) is 3.49. The van der Waals surface area contributed by atoms with Crippen LogP contribution < -0.4 is 5.32 Å². The molecular weight excluding hydrogens is 172 g/mol. The summed E-state index contributed by atoms with van der Waals surface area (Å²) in [5.41, 5.74) is 0. The van der Waals surface area contributed by atoms with E-state index < -0.39 is 0 Å². The van der Waals surface area contributed by atoms with E-state index in [-0.39, 0.29) is 0 Å². The Hall–Kier alpha value is -0.0800. The van der Waals surface area contributed by atoms with Crippen molar-refractivity contribution in [3.63, 3.8) is 0 Å². The van der Waals surface area contributed by atoms with Gasteiger partial charge in [-0.05, 0) is 57.5 Å². The Balaban J connectivity index is 1.57. The number of rotatable bonds is 2. The minimum Gasteiger partial charge on any atom is -0.312 e. The largest absolute Gasteiger partial charge is 0.312 e. The average Bonchev–Trinajstić information content (AvgIpc) is 2.78. The van der Waals surface area contributed by atoms with E-state index >= 15 is 0 Å². The van der Waals surface area contributed by atoms with Crippen molar-refractivity contribution in [1.82, 2.24) is 10.2 Å². The first-order chi connectivity index (χ1) is 6.84. The van der Waals surface area contributed by atoms with E-state index in [2.05, 4.69) is 17.1 Å². The summed E-state index contributed by atoms with van der Waals surface area (Å²) in [6, 6.07) is 1.56. The van der Waals surface area contributed by atoms with Gasteiger partial charge in [-0.3, -0.25) is 4.90 Å². The van der Waals surface area contributed by atoms with Crippen molar-refractivity contribution < 1.29 is 0 Å². The Morgan fingerprint density at radius 3 is 2.93 bits per heavy atom. The minimum absolute atomic E-state index is 0.777. The van der Waals surface area contributed by atoms with Gasteiger partial charge in [0.25, 0.3) is 0 Å². The first-order valence-electron chi connectivity index (χ1n) is 6.32. The lowest BCUT2D eigenvalue weighted by atomic mass is 10.0. The molecule has 1 aliphatic carbocycles. The van der Waals surface area contributed by atoms with Gasteiger partial charge in [0, 0.05) is 18.6 Å². The molecule has 14 heavy (non-hydrogen) atoms. The molecule has 0 aromatic heterocycles. The number of hydrogen-bond donors (Lipinski definition) is 1. The minimum atomic E-state index is 0.777. The predicted molar refractivity (Wildman–Crippen MR) is 58.3 cm³/mol. The molecule has 3 aliphatic rings. The highest BCUT2D eigenvalue weighted by molar-refractivity contribution is 4.96. The van der Waals surface area contributed by atoms with Crippen LogP contribution in [0.15, 0.2) is 0 Å². The van der Waals surface area contributed by atoms with Crippen LogP contribution >= 0.6 is 0 Å². The van der Waals surface area contributed by atoms with Gasteiger partial charge >= 0.3 is 0 Å². The van der Waals surface area contributed by atoms with Crippen molar-refractivity contribution in [1.29, 1.82) is 0 Å². The zero-order chi connectivity index (χ0) is 9.54. The van der Waals surface area contributed by atoms with Gasteiger partial charge in [-0.2, -0.15) is 0 Å². The van der Waals surface area contributed by atoms with Crippen molar-refractivity contribution in [3.05, 3.63) is 0 Å². The molecule has 4 unspecified atom stereocenters. The van der Waals surface area contributed by atoms with E-state index in [1.54, 1.807) is 0 Å². The van der Waals surface area contributed by atoms with Crippen molar-refractivity contribution in [2.75, 3.05) is 19.6 Å². The summed E-state index contributed by atoms with van der Waals surface area (Å²) in [4.78, 5) is 2.73. The van der Waals surface area contributed by atoms with Gasteiger partial charge in [0.15, 0.2) is 0 Å². The maximum Gasteiger partial charge on any atom is 0.0221 e. The van der Waals surface area contributed by atoms with Crippen molar-refractivity contribution >= 4 is 0 Å². The first-order valence-corrected chi connectivity index (χ1v) is 6.32. The molecule has 3 rings (SSSR count). The van der Waals surface area contributed by atoms with Crippen LogP contribution in [0.4, 0.5) is 0 Å². The standard InChI is InChI=1S/C12H22N2/c1-9(12-3-2-5-13-12)14-6-4-10-7-11(10)8-14/h9-13H,2-8H2,1H3. The molecule has 0 aromatic carbocycles. The molecule has 1 N–H and O–H groups in total. The van der Waals surface area contributed by atoms with Gasteiger partial charge in [0.05, 0.1) is 0 Å². The Bertz CT molecular complexity index is 210. The SMILES string of the molecule is CC(C1CCCN1)N1CCC2CC2C1. The second-order valence-electron chi connectivity index (χ2n) is 5.48.